The zero-order valence-corrected chi connectivity index (χ0v) is 39.4. The topological polar surface area (TPSA) is 100 Å². The Hall–Kier alpha value is -3.22. The Morgan fingerprint density at radius 1 is 0.794 bits per heavy atom. The summed E-state index contributed by atoms with van der Waals surface area (Å²) in [6, 6.07) is 8.78. The lowest BCUT2D eigenvalue weighted by atomic mass is 9.83. The first-order chi connectivity index (χ1) is 30.8. The van der Waals surface area contributed by atoms with E-state index in [1.807, 2.05) is 0 Å². The Morgan fingerprint density at radius 2 is 1.56 bits per heavy atom. The highest BCUT2D eigenvalue weighted by Crippen LogP contribution is 2.52. The number of halogens is 4. The van der Waals surface area contributed by atoms with Gasteiger partial charge >= 0.3 is 5.97 Å². The van der Waals surface area contributed by atoms with Crippen molar-refractivity contribution in [3.63, 3.8) is 0 Å². The molecule has 9 rings (SSSR count). The molecular formula is C49H54Cl4N3O6S+. The number of carboxylic acid groups (broad SMARTS) is 1. The number of ether oxygens (including phenoxy) is 3. The van der Waals surface area contributed by atoms with E-state index in [1.165, 1.54) is 27.7 Å². The highest BCUT2D eigenvalue weighted by atomic mass is 35.5. The normalized spacial score (nSPS) is 16.2. The van der Waals surface area contributed by atoms with Crippen molar-refractivity contribution in [2.75, 3.05) is 75.7 Å². The van der Waals surface area contributed by atoms with E-state index in [0.717, 1.165) is 154 Å². The lowest BCUT2D eigenvalue weighted by molar-refractivity contribution is -0.118. The number of aryl methyl sites for hydroxylation is 3. The number of amides is 1. The van der Waals surface area contributed by atoms with Crippen molar-refractivity contribution < 1.29 is 28.9 Å². The Labute approximate surface area is 393 Å². The van der Waals surface area contributed by atoms with Crippen molar-refractivity contribution in [3.8, 4) is 11.5 Å². The first-order valence-corrected chi connectivity index (χ1v) is 25.3. The second kappa shape index (κ2) is 20.1. The van der Waals surface area contributed by atoms with Gasteiger partial charge in [0, 0.05) is 88.4 Å². The predicted molar refractivity (Wildman–Crippen MR) is 255 cm³/mol. The van der Waals surface area contributed by atoms with Gasteiger partial charge < -0.3 is 29.5 Å². The van der Waals surface area contributed by atoms with Crippen molar-refractivity contribution in [2.24, 2.45) is 0 Å². The van der Waals surface area contributed by atoms with Gasteiger partial charge in [0.15, 0.2) is 0 Å². The number of hydrogen-bond acceptors (Lipinski definition) is 7. The number of fused-ring (bicyclic) bond motifs is 6. The van der Waals surface area contributed by atoms with E-state index >= 15 is 0 Å². The highest BCUT2D eigenvalue weighted by Gasteiger charge is 2.37. The highest BCUT2D eigenvalue weighted by molar-refractivity contribution is 8.00. The number of nitrogens with one attached hydrogen (secondary N) is 1. The van der Waals surface area contributed by atoms with Gasteiger partial charge in [-0.2, -0.15) is 0 Å². The van der Waals surface area contributed by atoms with Gasteiger partial charge in [0.2, 0.25) is 11.3 Å². The molecule has 4 aromatic rings. The van der Waals surface area contributed by atoms with Crippen LogP contribution in [0.2, 0.25) is 15.1 Å². The maximum atomic E-state index is 13.5. The van der Waals surface area contributed by atoms with Crippen LogP contribution in [0.15, 0.2) is 29.2 Å². The summed E-state index contributed by atoms with van der Waals surface area (Å²) in [5, 5.41) is 18.2. The van der Waals surface area contributed by atoms with Crippen molar-refractivity contribution in [2.45, 2.75) is 88.4 Å². The fourth-order valence-corrected chi connectivity index (χ4v) is 12.6. The zero-order chi connectivity index (χ0) is 43.6. The van der Waals surface area contributed by atoms with E-state index in [9.17, 15) is 14.7 Å². The number of thioether (sulfide) groups is 1. The predicted octanol–water partition coefficient (Wildman–Crippen LogP) is 9.36. The lowest BCUT2D eigenvalue weighted by Gasteiger charge is -2.38. The van der Waals surface area contributed by atoms with Gasteiger partial charge in [0.25, 0.3) is 0 Å². The van der Waals surface area contributed by atoms with Crippen LogP contribution in [0.5, 0.6) is 11.5 Å². The van der Waals surface area contributed by atoms with Crippen LogP contribution in [0.25, 0.3) is 16.3 Å². The average molecular weight is 955 g/mol. The van der Waals surface area contributed by atoms with Gasteiger partial charge in [0.05, 0.1) is 51.8 Å². The minimum atomic E-state index is -1.25. The number of carbonyl (C=O) groups is 2. The monoisotopic (exact) mass is 952 g/mol. The molecule has 0 saturated carbocycles. The van der Waals surface area contributed by atoms with Crippen LogP contribution in [0, 0.1) is 0 Å². The third-order valence-corrected chi connectivity index (χ3v) is 16.0. The SMILES string of the molecule is O=C(CSc1c(Cl)c(Cl)c(C(=O)O)c(C2=c3cc4c5c(c3Oc3c2ccc2c6c7c(cc32)CCCN7CCC6)CCC[N+]=5CCCC4)c1Cl)NCCOCCOCCCCCCCl. The molecule has 0 spiro atoms. The zero-order valence-electron chi connectivity index (χ0n) is 35.6. The number of carbonyl (C=O) groups excluding carboxylic acids is 1. The molecule has 5 aliphatic rings. The summed E-state index contributed by atoms with van der Waals surface area (Å²) in [5.74, 6) is 0.635. The quantitative estimate of drug-likeness (QED) is 0.0313. The minimum absolute atomic E-state index is 0.00226. The molecule has 4 aromatic carbocycles. The van der Waals surface area contributed by atoms with Crippen molar-refractivity contribution in [1.82, 2.24) is 9.89 Å². The molecule has 1 amide bonds. The molecule has 5 aliphatic heterocycles. The second-order valence-electron chi connectivity index (χ2n) is 17.2. The summed E-state index contributed by atoms with van der Waals surface area (Å²) < 4.78 is 21.1. The van der Waals surface area contributed by atoms with Crippen LogP contribution >= 0.6 is 58.2 Å². The Balaban J connectivity index is 1.09. The van der Waals surface area contributed by atoms with E-state index in [-0.39, 0.29) is 37.9 Å². The Bertz CT molecular complexity index is 2600. The van der Waals surface area contributed by atoms with Crippen LogP contribution in [0.3, 0.4) is 0 Å². The number of hydrogen-bond donors (Lipinski definition) is 2. The number of carboxylic acids is 1. The average Bonchev–Trinajstić information content (AvgIpc) is 3.50. The molecule has 0 atom stereocenters. The summed E-state index contributed by atoms with van der Waals surface area (Å²) in [6.45, 7) is 6.40. The van der Waals surface area contributed by atoms with E-state index < -0.39 is 5.97 Å². The summed E-state index contributed by atoms with van der Waals surface area (Å²) in [6.07, 6.45) is 13.3. The van der Waals surface area contributed by atoms with Crippen LogP contribution in [-0.4, -0.2) is 87.8 Å². The van der Waals surface area contributed by atoms with Gasteiger partial charge in [-0.3, -0.25) is 4.79 Å². The summed E-state index contributed by atoms with van der Waals surface area (Å²) in [7, 11) is 0. The van der Waals surface area contributed by atoms with Crippen LogP contribution in [0.1, 0.15) is 102 Å². The second-order valence-corrected chi connectivity index (χ2v) is 19.6. The molecule has 9 nitrogen and oxygen atoms in total. The van der Waals surface area contributed by atoms with E-state index in [2.05, 4.69) is 39.1 Å². The third kappa shape index (κ3) is 8.92. The largest absolute Gasteiger partial charge is 0.478 e. The van der Waals surface area contributed by atoms with Gasteiger partial charge in [-0.05, 0) is 92.5 Å². The number of rotatable bonds is 17. The van der Waals surface area contributed by atoms with E-state index in [1.54, 1.807) is 0 Å². The van der Waals surface area contributed by atoms with Crippen LogP contribution in [-0.2, 0) is 40.0 Å². The maximum absolute atomic E-state index is 13.5. The van der Waals surface area contributed by atoms with Gasteiger partial charge in [-0.15, -0.1) is 23.4 Å². The molecule has 0 fully saturated rings. The molecule has 0 aromatic heterocycles. The number of unbranched alkanes of at least 4 members (excludes halogenated alkanes) is 3. The molecule has 14 heteroatoms. The molecule has 334 valence electrons. The summed E-state index contributed by atoms with van der Waals surface area (Å²) >= 11 is 28.4. The standard InChI is InChI=1S/C49H53Cl4N3O6S/c50-16-4-1-2-6-22-60-24-25-61-23-17-54-37(57)28-63-48-42(52)39(40(49(58)59)41(51)43(48)53)38-33-15-14-31-32-12-8-20-56-19-7-11-30(44(32)56)26-35(31)46(33)62-47-34-13-9-21-55-18-5-3-10-29(45(34)55)27-36(38)47/h14-15,26-27H,1-13,16-25,28H2,(H-,54,57,58,59)/p+1. The molecular weight excluding hydrogens is 900 g/mol. The fourth-order valence-electron chi connectivity index (χ4n) is 10.4. The molecule has 63 heavy (non-hydrogen) atoms. The number of nitrogens with zero attached hydrogens (tertiary/aromatic N) is 2. The fraction of sp³-hybridized carbons (Fsp3) is 0.490. The third-order valence-electron chi connectivity index (χ3n) is 13.1. The first kappa shape index (κ1) is 45.0. The minimum Gasteiger partial charge on any atom is -0.478 e. The number of aromatic carboxylic acids is 1. The summed E-state index contributed by atoms with van der Waals surface area (Å²) in [4.78, 5) is 29.6. The van der Waals surface area contributed by atoms with Gasteiger partial charge in [0.1, 0.15) is 24.6 Å². The van der Waals surface area contributed by atoms with Crippen LogP contribution < -0.4 is 30.1 Å². The van der Waals surface area contributed by atoms with E-state index in [0.29, 0.717) is 55.1 Å². The number of alkyl halides is 1. The Kier molecular flexibility index (Phi) is 14.4. The molecule has 0 saturated heterocycles. The molecule has 0 bridgehead atoms. The molecule has 0 unspecified atom stereocenters. The molecule has 5 heterocycles. The molecule has 0 radical (unpaired) electrons. The van der Waals surface area contributed by atoms with Gasteiger partial charge in [-0.25, -0.2) is 9.37 Å². The summed E-state index contributed by atoms with van der Waals surface area (Å²) in [5.41, 5.74) is 7.96. The Morgan fingerprint density at radius 3 is 2.38 bits per heavy atom. The van der Waals surface area contributed by atoms with Crippen molar-refractivity contribution in [3.05, 3.63) is 88.9 Å². The van der Waals surface area contributed by atoms with Crippen molar-refractivity contribution in [1.29, 1.82) is 0 Å². The number of anilines is 1. The van der Waals surface area contributed by atoms with Crippen molar-refractivity contribution >= 4 is 92.1 Å². The lowest BCUT2D eigenvalue weighted by Crippen LogP contribution is -2.41. The maximum Gasteiger partial charge on any atom is 0.337 e. The molecule has 2 N–H and O–H groups in total. The van der Waals surface area contributed by atoms with E-state index in [4.69, 9.17) is 60.6 Å². The first-order valence-electron chi connectivity index (χ1n) is 22.7. The molecule has 0 aliphatic carbocycles. The number of benzene rings is 4. The smallest absolute Gasteiger partial charge is 0.337 e. The van der Waals surface area contributed by atoms with Gasteiger partial charge in [-0.1, -0.05) is 53.7 Å². The van der Waals surface area contributed by atoms with Crippen LogP contribution in [0.4, 0.5) is 5.69 Å².